The van der Waals surface area contributed by atoms with Gasteiger partial charge in [0.2, 0.25) is 0 Å². The van der Waals surface area contributed by atoms with Crippen LogP contribution in [0.1, 0.15) is 34.1 Å². The lowest BCUT2D eigenvalue weighted by atomic mass is 9.96. The van der Waals surface area contributed by atoms with Crippen LogP contribution in [0.3, 0.4) is 0 Å². The van der Waals surface area contributed by atoms with Crippen LogP contribution in [0.25, 0.3) is 0 Å². The van der Waals surface area contributed by atoms with Crippen LogP contribution in [0.15, 0.2) is 30.6 Å². The van der Waals surface area contributed by atoms with Crippen LogP contribution in [0.5, 0.6) is 0 Å². The topological polar surface area (TPSA) is 71.1 Å². The van der Waals surface area contributed by atoms with Crippen molar-refractivity contribution in [1.82, 2.24) is 20.1 Å². The Hall–Kier alpha value is -2.21. The van der Waals surface area contributed by atoms with Gasteiger partial charge in [-0.2, -0.15) is 5.10 Å². The van der Waals surface area contributed by atoms with Gasteiger partial charge < -0.3 is 9.64 Å². The number of rotatable bonds is 4. The number of carbonyl (C=O) groups excluding carboxylic acids is 1. The summed E-state index contributed by atoms with van der Waals surface area (Å²) in [5.74, 6) is 1.05. The fourth-order valence-corrected chi connectivity index (χ4v) is 2.55. The predicted octanol–water partition coefficient (Wildman–Crippen LogP) is 1.58. The van der Waals surface area contributed by atoms with Crippen molar-refractivity contribution in [2.24, 2.45) is 0 Å². The second kappa shape index (κ2) is 6.05. The minimum Gasteiger partial charge on any atom is -0.381 e. The molecule has 6 nitrogen and oxygen atoms in total. The molecule has 0 saturated carbocycles. The molecule has 1 amide bonds. The van der Waals surface area contributed by atoms with Crippen molar-refractivity contribution in [2.75, 3.05) is 20.3 Å². The molecule has 1 saturated heterocycles. The summed E-state index contributed by atoms with van der Waals surface area (Å²) in [5.41, 5.74) is 1.87. The van der Waals surface area contributed by atoms with Gasteiger partial charge in [-0.15, -0.1) is 0 Å². The van der Waals surface area contributed by atoms with Gasteiger partial charge in [-0.05, 0) is 24.1 Å². The summed E-state index contributed by atoms with van der Waals surface area (Å²) >= 11 is 0. The lowest BCUT2D eigenvalue weighted by molar-refractivity contribution is 0.0781. The highest BCUT2D eigenvalue weighted by Crippen LogP contribution is 2.25. The summed E-state index contributed by atoms with van der Waals surface area (Å²) in [6.07, 6.45) is 2.46. The van der Waals surface area contributed by atoms with E-state index in [1.807, 2.05) is 18.2 Å². The zero-order valence-electron chi connectivity index (χ0n) is 12.0. The molecule has 0 spiro atoms. The maximum Gasteiger partial charge on any atom is 0.254 e. The van der Waals surface area contributed by atoms with E-state index in [1.54, 1.807) is 11.9 Å². The summed E-state index contributed by atoms with van der Waals surface area (Å²) in [6, 6.07) is 7.81. The number of nitrogens with one attached hydrogen (secondary N) is 1. The van der Waals surface area contributed by atoms with Gasteiger partial charge in [-0.25, -0.2) is 4.98 Å². The number of ether oxygens (including phenoxy) is 1. The quantitative estimate of drug-likeness (QED) is 0.926. The first kappa shape index (κ1) is 13.8. The molecule has 2 heterocycles. The minimum atomic E-state index is -0.0211. The SMILES string of the molecule is CN(Cc1ncn[nH]1)C(=O)c1cccc(C2CCOC2)c1. The molecule has 0 bridgehead atoms. The normalized spacial score (nSPS) is 17.9. The molecular weight excluding hydrogens is 268 g/mol. The van der Waals surface area contributed by atoms with Crippen LogP contribution < -0.4 is 0 Å². The average Bonchev–Trinajstić information content (AvgIpc) is 3.20. The Morgan fingerprint density at radius 2 is 2.43 bits per heavy atom. The Morgan fingerprint density at radius 1 is 1.52 bits per heavy atom. The summed E-state index contributed by atoms with van der Waals surface area (Å²) in [7, 11) is 1.76. The van der Waals surface area contributed by atoms with E-state index >= 15 is 0 Å². The van der Waals surface area contributed by atoms with E-state index in [0.29, 0.717) is 23.9 Å². The lowest BCUT2D eigenvalue weighted by Gasteiger charge is -2.17. The first-order valence-electron chi connectivity index (χ1n) is 7.01. The number of hydrogen-bond donors (Lipinski definition) is 1. The third-order valence-electron chi connectivity index (χ3n) is 3.73. The number of benzene rings is 1. The van der Waals surface area contributed by atoms with Gasteiger partial charge in [0.15, 0.2) is 0 Å². The van der Waals surface area contributed by atoms with E-state index < -0.39 is 0 Å². The largest absolute Gasteiger partial charge is 0.381 e. The molecule has 2 aromatic rings. The second-order valence-electron chi connectivity index (χ2n) is 5.28. The number of carbonyl (C=O) groups is 1. The van der Waals surface area contributed by atoms with Gasteiger partial charge in [0, 0.05) is 25.1 Å². The van der Waals surface area contributed by atoms with E-state index in [9.17, 15) is 4.79 Å². The molecule has 21 heavy (non-hydrogen) atoms. The van der Waals surface area contributed by atoms with E-state index in [-0.39, 0.29) is 5.91 Å². The number of amides is 1. The van der Waals surface area contributed by atoms with Crippen molar-refractivity contribution in [3.63, 3.8) is 0 Å². The Labute approximate surface area is 123 Å². The van der Waals surface area contributed by atoms with Crippen LogP contribution in [0, 0.1) is 0 Å². The number of nitrogens with zero attached hydrogens (tertiary/aromatic N) is 3. The van der Waals surface area contributed by atoms with Crippen molar-refractivity contribution in [1.29, 1.82) is 0 Å². The molecule has 3 rings (SSSR count). The van der Waals surface area contributed by atoms with E-state index in [1.165, 1.54) is 11.9 Å². The van der Waals surface area contributed by atoms with Gasteiger partial charge in [0.1, 0.15) is 12.2 Å². The molecule has 1 aromatic carbocycles. The van der Waals surface area contributed by atoms with Gasteiger partial charge >= 0.3 is 0 Å². The fourth-order valence-electron chi connectivity index (χ4n) is 2.55. The summed E-state index contributed by atoms with van der Waals surface area (Å²) in [5, 5.41) is 6.54. The van der Waals surface area contributed by atoms with Crippen molar-refractivity contribution < 1.29 is 9.53 Å². The number of hydrogen-bond acceptors (Lipinski definition) is 4. The van der Waals surface area contributed by atoms with Gasteiger partial charge in [0.25, 0.3) is 5.91 Å². The summed E-state index contributed by atoms with van der Waals surface area (Å²) in [6.45, 7) is 1.95. The molecule has 110 valence electrons. The van der Waals surface area contributed by atoms with Crippen molar-refractivity contribution in [3.8, 4) is 0 Å². The van der Waals surface area contributed by atoms with Gasteiger partial charge in [0.05, 0.1) is 13.2 Å². The molecule has 1 N–H and O–H groups in total. The summed E-state index contributed by atoms with van der Waals surface area (Å²) < 4.78 is 5.41. The van der Waals surface area contributed by atoms with E-state index in [2.05, 4.69) is 21.2 Å². The van der Waals surface area contributed by atoms with Gasteiger partial charge in [-0.1, -0.05) is 12.1 Å². The molecule has 1 unspecified atom stereocenters. The average molecular weight is 286 g/mol. The highest BCUT2D eigenvalue weighted by molar-refractivity contribution is 5.94. The first-order chi connectivity index (χ1) is 10.2. The van der Waals surface area contributed by atoms with E-state index in [4.69, 9.17) is 4.74 Å². The van der Waals surface area contributed by atoms with Crippen molar-refractivity contribution in [2.45, 2.75) is 18.9 Å². The minimum absolute atomic E-state index is 0.0211. The maximum absolute atomic E-state index is 12.5. The van der Waals surface area contributed by atoms with Gasteiger partial charge in [-0.3, -0.25) is 9.89 Å². The van der Waals surface area contributed by atoms with Crippen LogP contribution in [-0.4, -0.2) is 46.2 Å². The molecule has 1 aliphatic rings. The molecule has 1 aliphatic heterocycles. The zero-order chi connectivity index (χ0) is 14.7. The van der Waals surface area contributed by atoms with Crippen LogP contribution in [0.4, 0.5) is 0 Å². The van der Waals surface area contributed by atoms with Crippen LogP contribution in [0.2, 0.25) is 0 Å². The zero-order valence-corrected chi connectivity index (χ0v) is 12.0. The Bertz CT molecular complexity index is 606. The Morgan fingerprint density at radius 3 is 3.14 bits per heavy atom. The third kappa shape index (κ3) is 3.11. The molecule has 0 radical (unpaired) electrons. The standard InChI is InChI=1S/C15H18N4O2/c1-19(8-14-16-10-17-18-14)15(20)12-4-2-3-11(7-12)13-5-6-21-9-13/h2-4,7,10,13H,5-6,8-9H2,1H3,(H,16,17,18). The monoisotopic (exact) mass is 286 g/mol. The lowest BCUT2D eigenvalue weighted by Crippen LogP contribution is -2.26. The highest BCUT2D eigenvalue weighted by atomic mass is 16.5. The Kier molecular flexibility index (Phi) is 3.96. The molecule has 1 aromatic heterocycles. The molecule has 1 atom stereocenters. The predicted molar refractivity (Wildman–Crippen MR) is 76.8 cm³/mol. The molecule has 6 heteroatoms. The van der Waals surface area contributed by atoms with Crippen LogP contribution in [-0.2, 0) is 11.3 Å². The third-order valence-corrected chi connectivity index (χ3v) is 3.73. The molecule has 0 aliphatic carbocycles. The number of aromatic amines is 1. The van der Waals surface area contributed by atoms with E-state index in [0.717, 1.165) is 19.6 Å². The number of aromatic nitrogens is 3. The smallest absolute Gasteiger partial charge is 0.254 e. The van der Waals surface area contributed by atoms with Crippen LogP contribution >= 0.6 is 0 Å². The fraction of sp³-hybridized carbons (Fsp3) is 0.400. The number of H-pyrrole nitrogens is 1. The van der Waals surface area contributed by atoms with Crippen molar-refractivity contribution >= 4 is 5.91 Å². The maximum atomic E-state index is 12.5. The first-order valence-corrected chi connectivity index (χ1v) is 7.01. The molecule has 1 fully saturated rings. The highest BCUT2D eigenvalue weighted by Gasteiger charge is 2.20. The summed E-state index contributed by atoms with van der Waals surface area (Å²) in [4.78, 5) is 18.1. The second-order valence-corrected chi connectivity index (χ2v) is 5.28. The Balaban J connectivity index is 1.73. The van der Waals surface area contributed by atoms with Crippen molar-refractivity contribution in [3.05, 3.63) is 47.5 Å². The molecular formula is C15H18N4O2.